The second-order valence-electron chi connectivity index (χ2n) is 5.93. The molecule has 0 spiro atoms. The molecule has 0 radical (unpaired) electrons. The minimum absolute atomic E-state index is 0.236. The van der Waals surface area contributed by atoms with Gasteiger partial charge < -0.3 is 10.2 Å². The summed E-state index contributed by atoms with van der Waals surface area (Å²) in [6, 6.07) is 0. The van der Waals surface area contributed by atoms with Crippen LogP contribution in [0.15, 0.2) is 36.5 Å². The van der Waals surface area contributed by atoms with Gasteiger partial charge >= 0.3 is 5.97 Å². The van der Waals surface area contributed by atoms with Crippen LogP contribution >= 0.6 is 0 Å². The Labute approximate surface area is 141 Å². The van der Waals surface area contributed by atoms with E-state index >= 15 is 0 Å². The van der Waals surface area contributed by atoms with Gasteiger partial charge in [-0.1, -0.05) is 81.9 Å². The Balaban J connectivity index is 3.51. The molecule has 0 heterocycles. The number of aliphatic carboxylic acids is 1. The lowest BCUT2D eigenvalue weighted by Gasteiger charge is -2.04. The lowest BCUT2D eigenvalue weighted by Crippen LogP contribution is -2.01. The monoisotopic (exact) mass is 322 g/mol. The average Bonchev–Trinajstić information content (AvgIpc) is 2.52. The van der Waals surface area contributed by atoms with E-state index in [1.54, 1.807) is 0 Å². The number of carbonyl (C=O) groups is 1. The molecule has 2 N–H and O–H groups in total. The molecule has 1 atom stereocenters. The summed E-state index contributed by atoms with van der Waals surface area (Å²) in [5, 5.41) is 18.3. The van der Waals surface area contributed by atoms with Crippen LogP contribution in [0.2, 0.25) is 0 Å². The van der Waals surface area contributed by atoms with E-state index in [2.05, 4.69) is 6.92 Å². The predicted octanol–water partition coefficient (Wildman–Crippen LogP) is 5.41. The first-order chi connectivity index (χ1) is 11.2. The average molecular weight is 322 g/mol. The lowest BCUT2D eigenvalue weighted by atomic mass is 10.1. The first-order valence-electron chi connectivity index (χ1n) is 9.05. The van der Waals surface area contributed by atoms with Crippen molar-refractivity contribution in [3.63, 3.8) is 0 Å². The third-order valence-electron chi connectivity index (χ3n) is 3.63. The van der Waals surface area contributed by atoms with Crippen molar-refractivity contribution in [1.82, 2.24) is 0 Å². The van der Waals surface area contributed by atoms with E-state index in [1.165, 1.54) is 32.1 Å². The maximum absolute atomic E-state index is 10.3. The fraction of sp³-hybridized carbons (Fsp3) is 0.650. The van der Waals surface area contributed by atoms with Crippen LogP contribution in [0.4, 0.5) is 0 Å². The molecule has 0 saturated heterocycles. The Kier molecular flexibility index (Phi) is 16.0. The van der Waals surface area contributed by atoms with Crippen LogP contribution in [0.1, 0.15) is 77.6 Å². The largest absolute Gasteiger partial charge is 0.481 e. The van der Waals surface area contributed by atoms with Gasteiger partial charge in [-0.15, -0.1) is 0 Å². The predicted molar refractivity (Wildman–Crippen MR) is 97.5 cm³/mol. The first kappa shape index (κ1) is 21.6. The number of carboxylic acid groups (broad SMARTS) is 1. The van der Waals surface area contributed by atoms with Crippen molar-refractivity contribution in [2.45, 2.75) is 83.7 Å². The number of aliphatic hydroxyl groups excluding tert-OH is 1. The van der Waals surface area contributed by atoms with Crippen LogP contribution < -0.4 is 0 Å². The molecule has 0 saturated carbocycles. The summed E-state index contributed by atoms with van der Waals surface area (Å²) >= 11 is 0. The summed E-state index contributed by atoms with van der Waals surface area (Å²) < 4.78 is 0. The van der Waals surface area contributed by atoms with Crippen LogP contribution in [0.3, 0.4) is 0 Å². The highest BCUT2D eigenvalue weighted by atomic mass is 16.4. The standard InChI is InChI=1S/C20H34O3/c1-2-3-4-5-10-13-16-19(21)17-14-11-8-6-7-9-12-15-18-20(22)23/h7-9,11,14,17,19,21H,2-6,10,12-13,15-16,18H2,1H3,(H,22,23). The molecule has 132 valence electrons. The molecule has 0 aliphatic heterocycles. The summed E-state index contributed by atoms with van der Waals surface area (Å²) in [7, 11) is 0. The zero-order valence-electron chi connectivity index (χ0n) is 14.6. The molecular weight excluding hydrogens is 288 g/mol. The van der Waals surface area contributed by atoms with Crippen LogP contribution in [-0.2, 0) is 4.79 Å². The van der Waals surface area contributed by atoms with E-state index in [-0.39, 0.29) is 12.5 Å². The highest BCUT2D eigenvalue weighted by Crippen LogP contribution is 2.09. The number of unbranched alkanes of at least 4 members (excludes halogenated alkanes) is 6. The number of carboxylic acids is 1. The maximum atomic E-state index is 10.3. The molecule has 0 fully saturated rings. The Morgan fingerprint density at radius 1 is 0.957 bits per heavy atom. The number of allylic oxidation sites excluding steroid dienone is 5. The van der Waals surface area contributed by atoms with Crippen molar-refractivity contribution in [2.75, 3.05) is 0 Å². The SMILES string of the molecule is CCCCCCCCC(O)C=CC=CCC=CCCCC(=O)O. The Morgan fingerprint density at radius 3 is 2.43 bits per heavy atom. The lowest BCUT2D eigenvalue weighted by molar-refractivity contribution is -0.137. The summed E-state index contributed by atoms with van der Waals surface area (Å²) in [6.07, 6.45) is 22.4. The molecule has 0 aromatic rings. The van der Waals surface area contributed by atoms with Crippen molar-refractivity contribution >= 4 is 5.97 Å². The maximum Gasteiger partial charge on any atom is 0.303 e. The van der Waals surface area contributed by atoms with E-state index in [4.69, 9.17) is 5.11 Å². The smallest absolute Gasteiger partial charge is 0.303 e. The molecule has 23 heavy (non-hydrogen) atoms. The van der Waals surface area contributed by atoms with Crippen LogP contribution in [0, 0.1) is 0 Å². The minimum atomic E-state index is -0.733. The Hall–Kier alpha value is -1.35. The Bertz CT molecular complexity index is 356. The fourth-order valence-corrected chi connectivity index (χ4v) is 2.24. The molecule has 1 unspecified atom stereocenters. The van der Waals surface area contributed by atoms with Crippen molar-refractivity contribution < 1.29 is 15.0 Å². The van der Waals surface area contributed by atoms with Gasteiger partial charge in [-0.2, -0.15) is 0 Å². The molecule has 0 aliphatic carbocycles. The molecule has 0 bridgehead atoms. The molecule has 3 heteroatoms. The van der Waals surface area contributed by atoms with Crippen molar-refractivity contribution in [1.29, 1.82) is 0 Å². The van der Waals surface area contributed by atoms with Gasteiger partial charge in [0.15, 0.2) is 0 Å². The molecule has 0 amide bonds. The summed E-state index contributed by atoms with van der Waals surface area (Å²) in [6.45, 7) is 2.22. The zero-order chi connectivity index (χ0) is 17.2. The zero-order valence-corrected chi connectivity index (χ0v) is 14.6. The summed E-state index contributed by atoms with van der Waals surface area (Å²) in [4.78, 5) is 10.3. The topological polar surface area (TPSA) is 57.5 Å². The van der Waals surface area contributed by atoms with Gasteiger partial charge in [-0.3, -0.25) is 4.79 Å². The third kappa shape index (κ3) is 18.6. The molecule has 0 aromatic carbocycles. The van der Waals surface area contributed by atoms with Crippen LogP contribution in [0.5, 0.6) is 0 Å². The number of rotatable bonds is 15. The summed E-state index contributed by atoms with van der Waals surface area (Å²) in [5.74, 6) is -0.733. The summed E-state index contributed by atoms with van der Waals surface area (Å²) in [5.41, 5.74) is 0. The Morgan fingerprint density at radius 2 is 1.70 bits per heavy atom. The molecule has 3 nitrogen and oxygen atoms in total. The number of aliphatic hydroxyl groups is 1. The molecular formula is C20H34O3. The van der Waals surface area contributed by atoms with Gasteiger partial charge in [0.25, 0.3) is 0 Å². The van der Waals surface area contributed by atoms with Gasteiger partial charge in [-0.05, 0) is 25.7 Å². The van der Waals surface area contributed by atoms with E-state index in [0.717, 1.165) is 25.7 Å². The highest BCUT2D eigenvalue weighted by molar-refractivity contribution is 5.66. The minimum Gasteiger partial charge on any atom is -0.481 e. The fourth-order valence-electron chi connectivity index (χ4n) is 2.24. The van der Waals surface area contributed by atoms with Crippen molar-refractivity contribution in [2.24, 2.45) is 0 Å². The molecule has 0 aliphatic rings. The van der Waals surface area contributed by atoms with E-state index < -0.39 is 5.97 Å². The number of hydrogen-bond donors (Lipinski definition) is 2. The van der Waals surface area contributed by atoms with Gasteiger partial charge in [0.05, 0.1) is 6.10 Å². The van der Waals surface area contributed by atoms with Gasteiger partial charge in [0, 0.05) is 6.42 Å². The highest BCUT2D eigenvalue weighted by Gasteiger charge is 1.98. The second-order valence-corrected chi connectivity index (χ2v) is 5.93. The van der Waals surface area contributed by atoms with Crippen LogP contribution in [0.25, 0.3) is 0 Å². The first-order valence-corrected chi connectivity index (χ1v) is 9.05. The van der Waals surface area contributed by atoms with Crippen LogP contribution in [-0.4, -0.2) is 22.3 Å². The van der Waals surface area contributed by atoms with Crippen molar-refractivity contribution in [3.05, 3.63) is 36.5 Å². The number of hydrogen-bond acceptors (Lipinski definition) is 2. The van der Waals surface area contributed by atoms with E-state index in [9.17, 15) is 9.90 Å². The normalized spacial score (nSPS) is 13.5. The second kappa shape index (κ2) is 17.0. The van der Waals surface area contributed by atoms with Gasteiger partial charge in [0.2, 0.25) is 0 Å². The van der Waals surface area contributed by atoms with E-state index in [0.29, 0.717) is 6.42 Å². The molecule has 0 aromatic heterocycles. The van der Waals surface area contributed by atoms with Gasteiger partial charge in [-0.25, -0.2) is 0 Å². The van der Waals surface area contributed by atoms with Gasteiger partial charge in [0.1, 0.15) is 0 Å². The van der Waals surface area contributed by atoms with Crippen molar-refractivity contribution in [3.8, 4) is 0 Å². The molecule has 0 rings (SSSR count). The van der Waals surface area contributed by atoms with E-state index in [1.807, 2.05) is 36.5 Å². The quantitative estimate of drug-likeness (QED) is 0.241. The third-order valence-corrected chi connectivity index (χ3v) is 3.63.